The molecule has 2 aliphatic rings. The summed E-state index contributed by atoms with van der Waals surface area (Å²) in [7, 11) is -3.30. The molecule has 1 saturated carbocycles. The van der Waals surface area contributed by atoms with E-state index >= 15 is 0 Å². The van der Waals surface area contributed by atoms with Crippen LogP contribution in [-0.4, -0.2) is 37.3 Å². The van der Waals surface area contributed by atoms with E-state index in [9.17, 15) is 13.2 Å². The summed E-state index contributed by atoms with van der Waals surface area (Å²) < 4.78 is 25.2. The van der Waals surface area contributed by atoms with Gasteiger partial charge in [-0.3, -0.25) is 14.4 Å². The number of nitrogens with one attached hydrogen (secondary N) is 1. The van der Waals surface area contributed by atoms with Crippen LogP contribution in [0.2, 0.25) is 0 Å². The van der Waals surface area contributed by atoms with E-state index in [0.717, 1.165) is 36.3 Å². The van der Waals surface area contributed by atoms with Crippen LogP contribution in [0.1, 0.15) is 46.1 Å². The Bertz CT molecular complexity index is 935. The molecule has 0 bridgehead atoms. The molecule has 0 atom stereocenters. The monoisotopic (exact) mass is 378 g/mol. The van der Waals surface area contributed by atoms with Crippen molar-refractivity contribution < 1.29 is 13.2 Å². The van der Waals surface area contributed by atoms with Gasteiger partial charge in [-0.15, -0.1) is 10.2 Å². The number of amides is 1. The molecule has 2 aromatic rings. The molecule has 1 aliphatic heterocycles. The van der Waals surface area contributed by atoms with Crippen molar-refractivity contribution in [1.82, 2.24) is 10.2 Å². The smallest absolute Gasteiger partial charge is 0.257 e. The van der Waals surface area contributed by atoms with Crippen molar-refractivity contribution in [3.63, 3.8) is 0 Å². The highest BCUT2D eigenvalue weighted by atomic mass is 32.2. The molecule has 1 fully saturated rings. The predicted octanol–water partition coefficient (Wildman–Crippen LogP) is 2.38. The molecule has 25 heavy (non-hydrogen) atoms. The number of aromatic nitrogens is 2. The van der Waals surface area contributed by atoms with Gasteiger partial charge in [0.15, 0.2) is 0 Å². The van der Waals surface area contributed by atoms with Crippen LogP contribution in [-0.2, 0) is 16.4 Å². The first-order valence-electron chi connectivity index (χ1n) is 8.17. The minimum atomic E-state index is -3.30. The molecule has 132 valence electrons. The van der Waals surface area contributed by atoms with E-state index < -0.39 is 10.0 Å². The van der Waals surface area contributed by atoms with Crippen LogP contribution in [0.3, 0.4) is 0 Å². The Balaban J connectivity index is 1.55. The standard InChI is InChI=1S/C16H18N4O3S2/c1-25(22,23)20-8-2-3-11-9-12(6-7-13(11)20)14(21)17-16-19-18-15(24-16)10-4-5-10/h6-7,9-10H,2-5,8H2,1H3,(H,17,19,21). The molecule has 7 nitrogen and oxygen atoms in total. The number of hydrogen-bond donors (Lipinski definition) is 1. The van der Waals surface area contributed by atoms with E-state index in [0.29, 0.717) is 28.8 Å². The van der Waals surface area contributed by atoms with Crippen LogP contribution in [0.5, 0.6) is 0 Å². The highest BCUT2D eigenvalue weighted by Crippen LogP contribution is 2.42. The van der Waals surface area contributed by atoms with E-state index in [4.69, 9.17) is 0 Å². The summed E-state index contributed by atoms with van der Waals surface area (Å²) in [4.78, 5) is 12.5. The summed E-state index contributed by atoms with van der Waals surface area (Å²) in [5.41, 5.74) is 2.04. The van der Waals surface area contributed by atoms with Crippen molar-refractivity contribution in [2.45, 2.75) is 31.6 Å². The number of benzene rings is 1. The van der Waals surface area contributed by atoms with Crippen LogP contribution >= 0.6 is 11.3 Å². The van der Waals surface area contributed by atoms with Crippen LogP contribution in [0.25, 0.3) is 0 Å². The summed E-state index contributed by atoms with van der Waals surface area (Å²) in [6, 6.07) is 5.13. The molecule has 1 amide bonds. The number of fused-ring (bicyclic) bond motifs is 1. The van der Waals surface area contributed by atoms with Gasteiger partial charge in [0.1, 0.15) is 5.01 Å². The van der Waals surface area contributed by atoms with Crippen LogP contribution in [0.4, 0.5) is 10.8 Å². The van der Waals surface area contributed by atoms with Gasteiger partial charge in [-0.25, -0.2) is 8.42 Å². The second-order valence-electron chi connectivity index (χ2n) is 6.46. The van der Waals surface area contributed by atoms with Crippen molar-refractivity contribution >= 4 is 38.1 Å². The minimum Gasteiger partial charge on any atom is -0.296 e. The number of carbonyl (C=O) groups excluding carboxylic acids is 1. The Kier molecular flexibility index (Phi) is 3.99. The first-order valence-corrected chi connectivity index (χ1v) is 10.8. The summed E-state index contributed by atoms with van der Waals surface area (Å²) in [6.07, 6.45) is 4.99. The Morgan fingerprint density at radius 2 is 2.12 bits per heavy atom. The van der Waals surface area contributed by atoms with Crippen molar-refractivity contribution in [2.24, 2.45) is 0 Å². The molecule has 1 aliphatic carbocycles. The zero-order chi connectivity index (χ0) is 17.6. The van der Waals surface area contributed by atoms with Gasteiger partial charge in [-0.05, 0) is 49.4 Å². The lowest BCUT2D eigenvalue weighted by Crippen LogP contribution is -2.34. The van der Waals surface area contributed by atoms with E-state index in [-0.39, 0.29) is 5.91 Å². The van der Waals surface area contributed by atoms with Crippen molar-refractivity contribution in [2.75, 3.05) is 22.4 Å². The number of hydrogen-bond acceptors (Lipinski definition) is 6. The van der Waals surface area contributed by atoms with Crippen molar-refractivity contribution in [1.29, 1.82) is 0 Å². The van der Waals surface area contributed by atoms with E-state index in [1.54, 1.807) is 18.2 Å². The molecule has 0 radical (unpaired) electrons. The molecule has 1 aromatic carbocycles. The molecular weight excluding hydrogens is 360 g/mol. The number of carbonyl (C=O) groups is 1. The Hall–Kier alpha value is -2.00. The molecule has 1 aromatic heterocycles. The zero-order valence-electron chi connectivity index (χ0n) is 13.7. The Morgan fingerprint density at radius 3 is 2.84 bits per heavy atom. The molecule has 1 N–H and O–H groups in total. The van der Waals surface area contributed by atoms with E-state index in [1.807, 2.05) is 0 Å². The third-order valence-electron chi connectivity index (χ3n) is 4.41. The largest absolute Gasteiger partial charge is 0.296 e. The molecule has 9 heteroatoms. The lowest BCUT2D eigenvalue weighted by atomic mass is 10.0. The normalized spacial score (nSPS) is 17.2. The maximum absolute atomic E-state index is 12.5. The van der Waals surface area contributed by atoms with Crippen LogP contribution in [0.15, 0.2) is 18.2 Å². The topological polar surface area (TPSA) is 92.3 Å². The van der Waals surface area contributed by atoms with Gasteiger partial charge >= 0.3 is 0 Å². The van der Waals surface area contributed by atoms with Gasteiger partial charge in [0, 0.05) is 18.0 Å². The van der Waals surface area contributed by atoms with Crippen molar-refractivity contribution in [3.8, 4) is 0 Å². The van der Waals surface area contributed by atoms with Gasteiger partial charge in [-0.1, -0.05) is 11.3 Å². The highest BCUT2D eigenvalue weighted by molar-refractivity contribution is 7.92. The quantitative estimate of drug-likeness (QED) is 0.882. The number of aryl methyl sites for hydroxylation is 1. The maximum atomic E-state index is 12.5. The first-order chi connectivity index (χ1) is 11.9. The summed E-state index contributed by atoms with van der Waals surface area (Å²) in [5, 5.41) is 12.4. The van der Waals surface area contributed by atoms with E-state index in [1.165, 1.54) is 21.9 Å². The van der Waals surface area contributed by atoms with Gasteiger partial charge in [-0.2, -0.15) is 0 Å². The van der Waals surface area contributed by atoms with Gasteiger partial charge in [0.2, 0.25) is 15.2 Å². The van der Waals surface area contributed by atoms with Crippen LogP contribution < -0.4 is 9.62 Å². The first kappa shape index (κ1) is 16.5. The molecular formula is C16H18N4O3S2. The van der Waals surface area contributed by atoms with Gasteiger partial charge < -0.3 is 0 Å². The predicted molar refractivity (Wildman–Crippen MR) is 96.8 cm³/mol. The second-order valence-corrected chi connectivity index (χ2v) is 9.37. The zero-order valence-corrected chi connectivity index (χ0v) is 15.4. The molecule has 2 heterocycles. The number of anilines is 2. The minimum absolute atomic E-state index is 0.252. The third kappa shape index (κ3) is 3.38. The molecule has 0 saturated heterocycles. The fraction of sp³-hybridized carbons (Fsp3) is 0.438. The van der Waals surface area contributed by atoms with E-state index in [2.05, 4.69) is 15.5 Å². The Morgan fingerprint density at radius 1 is 1.32 bits per heavy atom. The summed E-state index contributed by atoms with van der Waals surface area (Å²) in [6.45, 7) is 0.478. The average molecular weight is 378 g/mol. The number of nitrogens with zero attached hydrogens (tertiary/aromatic N) is 3. The lowest BCUT2D eigenvalue weighted by molar-refractivity contribution is 0.102. The fourth-order valence-electron chi connectivity index (χ4n) is 3.00. The summed E-state index contributed by atoms with van der Waals surface area (Å²) >= 11 is 1.42. The average Bonchev–Trinajstić information content (AvgIpc) is 3.33. The maximum Gasteiger partial charge on any atom is 0.257 e. The number of rotatable bonds is 4. The SMILES string of the molecule is CS(=O)(=O)N1CCCc2cc(C(=O)Nc3nnc(C4CC4)s3)ccc21. The third-order valence-corrected chi connectivity index (χ3v) is 6.59. The van der Waals surface area contributed by atoms with Crippen molar-refractivity contribution in [3.05, 3.63) is 34.3 Å². The van der Waals surface area contributed by atoms with Crippen LogP contribution in [0, 0.1) is 0 Å². The highest BCUT2D eigenvalue weighted by Gasteiger charge is 2.28. The second kappa shape index (κ2) is 6.06. The fourth-order valence-corrected chi connectivity index (χ4v) is 4.90. The van der Waals surface area contributed by atoms with Gasteiger partial charge in [0.05, 0.1) is 11.9 Å². The molecule has 0 spiro atoms. The Labute approximate surface area is 150 Å². The lowest BCUT2D eigenvalue weighted by Gasteiger charge is -2.29. The number of sulfonamides is 1. The molecule has 0 unspecified atom stereocenters. The molecule has 4 rings (SSSR count). The summed E-state index contributed by atoms with van der Waals surface area (Å²) in [5.74, 6) is 0.256. The van der Waals surface area contributed by atoms with Gasteiger partial charge in [0.25, 0.3) is 5.91 Å².